The third kappa shape index (κ3) is 11.5. The van der Waals surface area contributed by atoms with E-state index < -0.39 is 41.8 Å². The average molecular weight is 448 g/mol. The Balaban J connectivity index is 5.35. The van der Waals surface area contributed by atoms with E-state index in [1.807, 2.05) is 13.8 Å². The Kier molecular flexibility index (Phi) is 13.2. The second-order valence-electron chi connectivity index (χ2n) is 7.05. The minimum Gasteiger partial charge on any atom is -0.480 e. The van der Waals surface area contributed by atoms with Crippen LogP contribution in [0.3, 0.4) is 0 Å². The number of carbonyl (C=O) groups excluding carboxylic acids is 3. The molecular formula is C17H33N7O5S. The number of nitrogens with zero attached hydrogens (tertiary/aromatic N) is 1. The topological polar surface area (TPSA) is 215 Å². The Morgan fingerprint density at radius 1 is 1.00 bits per heavy atom. The molecule has 0 heterocycles. The molecule has 3 atom stereocenters. The molecule has 0 rings (SSSR count). The van der Waals surface area contributed by atoms with Crippen LogP contribution in [0.5, 0.6) is 0 Å². The molecule has 0 aliphatic rings. The van der Waals surface area contributed by atoms with Gasteiger partial charge < -0.3 is 38.3 Å². The van der Waals surface area contributed by atoms with Gasteiger partial charge in [-0.25, -0.2) is 4.79 Å². The largest absolute Gasteiger partial charge is 0.480 e. The summed E-state index contributed by atoms with van der Waals surface area (Å²) in [5.74, 6) is -3.19. The first-order chi connectivity index (χ1) is 14.0. The predicted octanol–water partition coefficient (Wildman–Crippen LogP) is -2.49. The van der Waals surface area contributed by atoms with Crippen LogP contribution in [0, 0.1) is 5.92 Å². The first-order valence-corrected chi connectivity index (χ1v) is 10.1. The van der Waals surface area contributed by atoms with Crippen molar-refractivity contribution in [3.05, 3.63) is 0 Å². The number of aliphatic carboxylic acids is 1. The molecule has 0 aromatic rings. The first-order valence-electron chi connectivity index (χ1n) is 9.51. The molecule has 172 valence electrons. The minimum atomic E-state index is -1.25. The van der Waals surface area contributed by atoms with Crippen molar-refractivity contribution >= 4 is 42.3 Å². The number of carbonyl (C=O) groups is 4. The van der Waals surface area contributed by atoms with Gasteiger partial charge >= 0.3 is 5.97 Å². The van der Waals surface area contributed by atoms with Crippen molar-refractivity contribution in [1.82, 2.24) is 16.0 Å². The van der Waals surface area contributed by atoms with Crippen LogP contribution in [-0.4, -0.2) is 71.7 Å². The van der Waals surface area contributed by atoms with E-state index in [9.17, 15) is 19.2 Å². The van der Waals surface area contributed by atoms with E-state index in [4.69, 9.17) is 22.3 Å². The van der Waals surface area contributed by atoms with Crippen molar-refractivity contribution in [2.75, 3.05) is 18.8 Å². The van der Waals surface area contributed by atoms with Crippen molar-refractivity contribution < 1.29 is 24.3 Å². The molecule has 13 heteroatoms. The number of aliphatic imine (C=N–C) groups is 1. The van der Waals surface area contributed by atoms with E-state index in [-0.39, 0.29) is 37.1 Å². The fraction of sp³-hybridized carbons (Fsp3) is 0.706. The summed E-state index contributed by atoms with van der Waals surface area (Å²) in [6.07, 6.45) is 0.819. The number of carboxylic acid groups (broad SMARTS) is 1. The van der Waals surface area contributed by atoms with E-state index in [1.165, 1.54) is 0 Å². The zero-order valence-electron chi connectivity index (χ0n) is 17.3. The number of nitrogens with two attached hydrogens (primary N) is 3. The Morgan fingerprint density at radius 2 is 1.57 bits per heavy atom. The van der Waals surface area contributed by atoms with Gasteiger partial charge in [0, 0.05) is 12.3 Å². The molecule has 10 N–H and O–H groups in total. The third-order valence-corrected chi connectivity index (χ3v) is 4.28. The van der Waals surface area contributed by atoms with E-state index in [2.05, 4.69) is 33.6 Å². The highest BCUT2D eigenvalue weighted by Gasteiger charge is 2.29. The highest BCUT2D eigenvalue weighted by molar-refractivity contribution is 7.80. The van der Waals surface area contributed by atoms with Crippen molar-refractivity contribution in [1.29, 1.82) is 0 Å². The quantitative estimate of drug-likeness (QED) is 0.0615. The Bertz CT molecular complexity index is 626. The Morgan fingerprint density at radius 3 is 2.03 bits per heavy atom. The molecule has 0 aliphatic carbocycles. The SMILES string of the molecule is CC(C)CC(NC(=O)CN)C(=O)NC(CCCN=C(N)N)C(=O)NC(CS)C(=O)O. The van der Waals surface area contributed by atoms with Crippen LogP contribution in [0.1, 0.15) is 33.1 Å². The molecule has 12 nitrogen and oxygen atoms in total. The standard InChI is InChI=1S/C17H33N7O5S/c1-9(2)6-11(22-13(25)7-18)15(27)23-10(4-3-5-21-17(19)20)14(26)24-12(8-30)16(28)29/h9-12,30H,3-8,18H2,1-2H3,(H,22,25)(H,23,27)(H,24,26)(H,28,29)(H4,19,20,21). The second-order valence-corrected chi connectivity index (χ2v) is 7.41. The molecule has 0 aromatic heterocycles. The molecule has 0 radical (unpaired) electrons. The lowest BCUT2D eigenvalue weighted by Crippen LogP contribution is -2.56. The van der Waals surface area contributed by atoms with Crippen LogP contribution in [0.2, 0.25) is 0 Å². The molecule has 3 amide bonds. The lowest BCUT2D eigenvalue weighted by molar-refractivity contribution is -0.141. The van der Waals surface area contributed by atoms with Gasteiger partial charge in [0.1, 0.15) is 18.1 Å². The van der Waals surface area contributed by atoms with Gasteiger partial charge in [-0.05, 0) is 25.2 Å². The summed E-state index contributed by atoms with van der Waals surface area (Å²) in [6, 6.07) is -3.17. The van der Waals surface area contributed by atoms with Crippen molar-refractivity contribution in [3.8, 4) is 0 Å². The number of hydrogen-bond acceptors (Lipinski definition) is 7. The first kappa shape index (κ1) is 27.5. The number of amides is 3. The fourth-order valence-electron chi connectivity index (χ4n) is 2.46. The van der Waals surface area contributed by atoms with Crippen LogP contribution in [0.25, 0.3) is 0 Å². The van der Waals surface area contributed by atoms with E-state index >= 15 is 0 Å². The minimum absolute atomic E-state index is 0.0774. The number of thiol groups is 1. The van der Waals surface area contributed by atoms with Gasteiger partial charge in [0.05, 0.1) is 6.54 Å². The lowest BCUT2D eigenvalue weighted by atomic mass is 10.0. The number of carboxylic acids is 1. The van der Waals surface area contributed by atoms with Gasteiger partial charge in [0.15, 0.2) is 5.96 Å². The maximum absolute atomic E-state index is 12.7. The van der Waals surface area contributed by atoms with Gasteiger partial charge in [-0.3, -0.25) is 19.4 Å². The Hall–Kier alpha value is -2.54. The number of hydrogen-bond donors (Lipinski definition) is 8. The van der Waals surface area contributed by atoms with Gasteiger partial charge in [0.2, 0.25) is 17.7 Å². The molecular weight excluding hydrogens is 414 g/mol. The smallest absolute Gasteiger partial charge is 0.327 e. The van der Waals surface area contributed by atoms with Gasteiger partial charge in [-0.2, -0.15) is 12.6 Å². The molecule has 0 spiro atoms. The zero-order chi connectivity index (χ0) is 23.3. The number of nitrogens with one attached hydrogen (secondary N) is 3. The maximum Gasteiger partial charge on any atom is 0.327 e. The lowest BCUT2D eigenvalue weighted by Gasteiger charge is -2.25. The van der Waals surface area contributed by atoms with Crippen LogP contribution >= 0.6 is 12.6 Å². The van der Waals surface area contributed by atoms with E-state index in [0.717, 1.165) is 0 Å². The molecule has 0 saturated carbocycles. The molecule has 0 bridgehead atoms. The van der Waals surface area contributed by atoms with Crippen LogP contribution in [0.15, 0.2) is 4.99 Å². The summed E-state index contributed by atoms with van der Waals surface area (Å²) in [7, 11) is 0. The number of rotatable bonds is 14. The maximum atomic E-state index is 12.7. The summed E-state index contributed by atoms with van der Waals surface area (Å²) in [5, 5.41) is 16.5. The monoisotopic (exact) mass is 447 g/mol. The van der Waals surface area contributed by atoms with Gasteiger partial charge in [-0.1, -0.05) is 13.8 Å². The third-order valence-electron chi connectivity index (χ3n) is 3.92. The molecule has 0 aliphatic heterocycles. The van der Waals surface area contributed by atoms with E-state index in [0.29, 0.717) is 12.8 Å². The normalized spacial score (nSPS) is 13.6. The summed E-state index contributed by atoms with van der Waals surface area (Å²) >= 11 is 3.91. The summed E-state index contributed by atoms with van der Waals surface area (Å²) in [5.41, 5.74) is 15.8. The van der Waals surface area contributed by atoms with Crippen molar-refractivity contribution in [2.24, 2.45) is 28.1 Å². The zero-order valence-corrected chi connectivity index (χ0v) is 18.2. The highest BCUT2D eigenvalue weighted by Crippen LogP contribution is 2.07. The van der Waals surface area contributed by atoms with Crippen molar-refractivity contribution in [2.45, 2.75) is 51.2 Å². The Labute approximate surface area is 181 Å². The van der Waals surface area contributed by atoms with Gasteiger partial charge in [-0.15, -0.1) is 0 Å². The molecule has 0 saturated heterocycles. The predicted molar refractivity (Wildman–Crippen MR) is 116 cm³/mol. The van der Waals surface area contributed by atoms with Crippen LogP contribution < -0.4 is 33.2 Å². The average Bonchev–Trinajstić information content (AvgIpc) is 2.66. The fourth-order valence-corrected chi connectivity index (χ4v) is 2.71. The molecule has 0 aromatic carbocycles. The molecule has 30 heavy (non-hydrogen) atoms. The molecule has 3 unspecified atom stereocenters. The van der Waals surface area contributed by atoms with Gasteiger partial charge in [0.25, 0.3) is 0 Å². The second kappa shape index (κ2) is 14.4. The highest BCUT2D eigenvalue weighted by atomic mass is 32.1. The van der Waals surface area contributed by atoms with Crippen LogP contribution in [-0.2, 0) is 19.2 Å². The summed E-state index contributed by atoms with van der Waals surface area (Å²) in [4.78, 5) is 52.0. The van der Waals surface area contributed by atoms with Crippen molar-refractivity contribution in [3.63, 3.8) is 0 Å². The number of guanidine groups is 1. The summed E-state index contributed by atoms with van der Waals surface area (Å²) < 4.78 is 0. The van der Waals surface area contributed by atoms with E-state index in [1.54, 1.807) is 0 Å². The summed E-state index contributed by atoms with van der Waals surface area (Å²) in [6.45, 7) is 3.68. The van der Waals surface area contributed by atoms with Crippen LogP contribution in [0.4, 0.5) is 0 Å². The molecule has 0 fully saturated rings.